The number of anilines is 1. The van der Waals surface area contributed by atoms with E-state index in [2.05, 4.69) is 9.97 Å². The largest absolute Gasteiger partial charge is 0.345 e. The molecule has 0 radical (unpaired) electrons. The first kappa shape index (κ1) is 15.3. The first-order valence-electron chi connectivity index (χ1n) is 7.28. The third-order valence-electron chi connectivity index (χ3n) is 3.80. The Labute approximate surface area is 132 Å². The van der Waals surface area contributed by atoms with Crippen LogP contribution in [0.1, 0.15) is 11.3 Å². The van der Waals surface area contributed by atoms with Crippen LogP contribution in [-0.2, 0) is 11.3 Å². The topological polar surface area (TPSA) is 49.3 Å². The lowest BCUT2D eigenvalue weighted by atomic mass is 10.1. The second kappa shape index (κ2) is 6.28. The standard InChI is InChI=1S/C16H16F2N4O/c1-11-6-15(20-10-19-11)21-4-5-22(16(23)9-21)8-12-7-13(17)2-3-14(12)18/h2-3,6-7,10H,4-5,8-9H2,1H3. The summed E-state index contributed by atoms with van der Waals surface area (Å²) in [5, 5.41) is 0. The molecule has 1 amide bonds. The summed E-state index contributed by atoms with van der Waals surface area (Å²) in [6, 6.07) is 5.09. The number of aromatic nitrogens is 2. The highest BCUT2D eigenvalue weighted by Gasteiger charge is 2.25. The summed E-state index contributed by atoms with van der Waals surface area (Å²) in [6.45, 7) is 3.10. The molecule has 1 saturated heterocycles. The first-order chi connectivity index (χ1) is 11.0. The van der Waals surface area contributed by atoms with Gasteiger partial charge in [-0.2, -0.15) is 0 Å². The van der Waals surface area contributed by atoms with E-state index in [0.717, 1.165) is 23.9 Å². The lowest BCUT2D eigenvalue weighted by Gasteiger charge is -2.35. The average Bonchev–Trinajstić information content (AvgIpc) is 2.53. The zero-order valence-corrected chi connectivity index (χ0v) is 12.7. The summed E-state index contributed by atoms with van der Waals surface area (Å²) < 4.78 is 26.9. The second-order valence-corrected chi connectivity index (χ2v) is 5.49. The lowest BCUT2D eigenvalue weighted by molar-refractivity contribution is -0.131. The van der Waals surface area contributed by atoms with E-state index in [1.807, 2.05) is 17.9 Å². The Kier molecular flexibility index (Phi) is 4.18. The Morgan fingerprint density at radius 2 is 2.00 bits per heavy atom. The maximum absolute atomic E-state index is 13.7. The maximum atomic E-state index is 13.7. The van der Waals surface area contributed by atoms with Crippen molar-refractivity contribution in [2.45, 2.75) is 13.5 Å². The number of halogens is 2. The Balaban J connectivity index is 1.69. The molecule has 3 rings (SSSR count). The molecular formula is C16H16F2N4O. The minimum absolute atomic E-state index is 0.0685. The van der Waals surface area contributed by atoms with Crippen molar-refractivity contribution in [1.82, 2.24) is 14.9 Å². The Morgan fingerprint density at radius 1 is 1.17 bits per heavy atom. The minimum atomic E-state index is -0.510. The van der Waals surface area contributed by atoms with Crippen molar-refractivity contribution < 1.29 is 13.6 Å². The van der Waals surface area contributed by atoms with Gasteiger partial charge in [0.05, 0.1) is 6.54 Å². The monoisotopic (exact) mass is 318 g/mol. The Hall–Kier alpha value is -2.57. The van der Waals surface area contributed by atoms with E-state index in [0.29, 0.717) is 18.9 Å². The Bertz CT molecular complexity index is 738. The molecule has 1 aliphatic rings. The third-order valence-corrected chi connectivity index (χ3v) is 3.80. The molecule has 2 heterocycles. The van der Waals surface area contributed by atoms with E-state index in [9.17, 15) is 13.6 Å². The van der Waals surface area contributed by atoms with Crippen molar-refractivity contribution in [3.8, 4) is 0 Å². The minimum Gasteiger partial charge on any atom is -0.345 e. The molecule has 0 unspecified atom stereocenters. The number of hydrogen-bond acceptors (Lipinski definition) is 4. The third kappa shape index (κ3) is 3.44. The summed E-state index contributed by atoms with van der Waals surface area (Å²) in [5.41, 5.74) is 1.01. The van der Waals surface area contributed by atoms with Crippen molar-refractivity contribution in [3.05, 3.63) is 53.5 Å². The van der Waals surface area contributed by atoms with Crippen LogP contribution in [0.4, 0.5) is 14.6 Å². The second-order valence-electron chi connectivity index (χ2n) is 5.49. The predicted molar refractivity (Wildman–Crippen MR) is 80.8 cm³/mol. The van der Waals surface area contributed by atoms with Gasteiger partial charge in [-0.25, -0.2) is 18.7 Å². The molecule has 120 valence electrons. The molecule has 1 aliphatic heterocycles. The number of rotatable bonds is 3. The van der Waals surface area contributed by atoms with Gasteiger partial charge in [0.25, 0.3) is 0 Å². The number of benzene rings is 1. The van der Waals surface area contributed by atoms with Crippen molar-refractivity contribution in [2.24, 2.45) is 0 Å². The van der Waals surface area contributed by atoms with E-state index in [-0.39, 0.29) is 24.6 Å². The molecule has 7 heteroatoms. The van der Waals surface area contributed by atoms with Gasteiger partial charge in [-0.15, -0.1) is 0 Å². The number of hydrogen-bond donors (Lipinski definition) is 0. The van der Waals surface area contributed by atoms with Crippen molar-refractivity contribution in [1.29, 1.82) is 0 Å². The van der Waals surface area contributed by atoms with Crippen molar-refractivity contribution in [2.75, 3.05) is 24.5 Å². The van der Waals surface area contributed by atoms with Gasteiger partial charge in [-0.1, -0.05) is 0 Å². The molecule has 1 fully saturated rings. The molecular weight excluding hydrogens is 302 g/mol. The van der Waals surface area contributed by atoms with Crippen LogP contribution in [0.15, 0.2) is 30.6 Å². The number of carbonyl (C=O) groups excluding carboxylic acids is 1. The van der Waals surface area contributed by atoms with Gasteiger partial charge in [0.2, 0.25) is 5.91 Å². The van der Waals surface area contributed by atoms with Crippen LogP contribution in [0.3, 0.4) is 0 Å². The van der Waals surface area contributed by atoms with Crippen LogP contribution in [0.2, 0.25) is 0 Å². The number of carbonyl (C=O) groups is 1. The molecule has 2 aromatic rings. The van der Waals surface area contributed by atoms with Crippen LogP contribution < -0.4 is 4.90 Å². The molecule has 0 N–H and O–H groups in total. The molecule has 0 aliphatic carbocycles. The molecule has 0 atom stereocenters. The van der Waals surface area contributed by atoms with Gasteiger partial charge < -0.3 is 9.80 Å². The highest BCUT2D eigenvalue weighted by Crippen LogP contribution is 2.17. The zero-order chi connectivity index (χ0) is 16.4. The molecule has 0 saturated carbocycles. The fraction of sp³-hybridized carbons (Fsp3) is 0.312. The van der Waals surface area contributed by atoms with Gasteiger partial charge in [0, 0.05) is 37.0 Å². The summed E-state index contributed by atoms with van der Waals surface area (Å²) in [7, 11) is 0. The van der Waals surface area contributed by atoms with E-state index >= 15 is 0 Å². The van der Waals surface area contributed by atoms with E-state index in [1.165, 1.54) is 11.2 Å². The fourth-order valence-electron chi connectivity index (χ4n) is 2.55. The van der Waals surface area contributed by atoms with Gasteiger partial charge >= 0.3 is 0 Å². The lowest BCUT2D eigenvalue weighted by Crippen LogP contribution is -2.50. The van der Waals surface area contributed by atoms with Gasteiger partial charge in [-0.05, 0) is 25.1 Å². The normalized spacial score (nSPS) is 15.2. The Morgan fingerprint density at radius 3 is 2.74 bits per heavy atom. The number of piperazine rings is 1. The molecule has 0 bridgehead atoms. The summed E-state index contributed by atoms with van der Waals surface area (Å²) in [5.74, 6) is -0.462. The SMILES string of the molecule is Cc1cc(N2CCN(Cc3cc(F)ccc3F)C(=O)C2)ncn1. The molecule has 0 spiro atoms. The zero-order valence-electron chi connectivity index (χ0n) is 12.7. The van der Waals surface area contributed by atoms with E-state index < -0.39 is 11.6 Å². The van der Waals surface area contributed by atoms with E-state index in [1.54, 1.807) is 0 Å². The quantitative estimate of drug-likeness (QED) is 0.867. The van der Waals surface area contributed by atoms with E-state index in [4.69, 9.17) is 0 Å². The number of amides is 1. The molecule has 1 aromatic heterocycles. The molecule has 23 heavy (non-hydrogen) atoms. The first-order valence-corrected chi connectivity index (χ1v) is 7.28. The van der Waals surface area contributed by atoms with Crippen molar-refractivity contribution in [3.63, 3.8) is 0 Å². The highest BCUT2D eigenvalue weighted by atomic mass is 19.1. The fourth-order valence-corrected chi connectivity index (χ4v) is 2.55. The summed E-state index contributed by atoms with van der Waals surface area (Å²) >= 11 is 0. The summed E-state index contributed by atoms with van der Waals surface area (Å²) in [4.78, 5) is 23.9. The van der Waals surface area contributed by atoms with Crippen molar-refractivity contribution >= 4 is 11.7 Å². The molecule has 1 aromatic carbocycles. The van der Waals surface area contributed by atoms with Gasteiger partial charge in [0.1, 0.15) is 23.8 Å². The van der Waals surface area contributed by atoms with Crippen LogP contribution in [0.5, 0.6) is 0 Å². The van der Waals surface area contributed by atoms with Crippen LogP contribution in [0.25, 0.3) is 0 Å². The predicted octanol–water partition coefficient (Wildman–Crippen LogP) is 1.91. The average molecular weight is 318 g/mol. The van der Waals surface area contributed by atoms with Gasteiger partial charge in [0.15, 0.2) is 0 Å². The maximum Gasteiger partial charge on any atom is 0.242 e. The summed E-state index contributed by atoms with van der Waals surface area (Å²) in [6.07, 6.45) is 1.46. The smallest absolute Gasteiger partial charge is 0.242 e. The van der Waals surface area contributed by atoms with Crippen LogP contribution in [0, 0.1) is 18.6 Å². The highest BCUT2D eigenvalue weighted by molar-refractivity contribution is 5.82. The molecule has 5 nitrogen and oxygen atoms in total. The number of nitrogens with zero attached hydrogens (tertiary/aromatic N) is 4. The number of aryl methyl sites for hydroxylation is 1. The van der Waals surface area contributed by atoms with Crippen LogP contribution >= 0.6 is 0 Å². The van der Waals surface area contributed by atoms with Gasteiger partial charge in [-0.3, -0.25) is 4.79 Å². The van der Waals surface area contributed by atoms with Crippen LogP contribution in [-0.4, -0.2) is 40.4 Å².